The van der Waals surface area contributed by atoms with E-state index in [2.05, 4.69) is 99.7 Å². The van der Waals surface area contributed by atoms with Crippen LogP contribution >= 0.6 is 0 Å². The molecule has 0 saturated carbocycles. The number of nitrogen functional groups attached to an aromatic ring is 1. The molecule has 0 atom stereocenters. The highest BCUT2D eigenvalue weighted by Crippen LogP contribution is 2.23. The number of anilines is 1. The summed E-state index contributed by atoms with van der Waals surface area (Å²) in [5.41, 5.74) is 18.8. The van der Waals surface area contributed by atoms with Crippen LogP contribution in [0.1, 0.15) is 16.7 Å². The molecule has 0 unspecified atom stereocenters. The third-order valence-corrected chi connectivity index (χ3v) is 8.01. The van der Waals surface area contributed by atoms with E-state index in [1.54, 1.807) is 6.20 Å². The average molecular weight is 662 g/mol. The minimum Gasteiger partial charge on any atom is -0.399 e. The lowest BCUT2D eigenvalue weighted by molar-refractivity contribution is 1.19. The summed E-state index contributed by atoms with van der Waals surface area (Å²) in [6.45, 7) is 2.09. The lowest BCUT2D eigenvalue weighted by Crippen LogP contribution is -1.91. The van der Waals surface area contributed by atoms with Crippen LogP contribution < -0.4 is 5.73 Å². The van der Waals surface area contributed by atoms with E-state index in [0.717, 1.165) is 51.6 Å². The molecule has 8 aromatic rings. The Hall–Kier alpha value is -6.72. The molecule has 0 spiro atoms. The maximum absolute atomic E-state index is 5.67. The fraction of sp³-hybridized carbons (Fsp3) is 0.0435. The van der Waals surface area contributed by atoms with E-state index in [4.69, 9.17) is 5.73 Å². The number of nitrogens with zero attached hydrogens (tertiary/aromatic N) is 4. The van der Waals surface area contributed by atoms with E-state index in [1.165, 1.54) is 22.3 Å². The van der Waals surface area contributed by atoms with Gasteiger partial charge in [0.1, 0.15) is 0 Å². The summed E-state index contributed by atoms with van der Waals surface area (Å²) in [5.74, 6) is 0. The number of aryl methyl sites for hydroxylation is 1. The number of nitrogens with two attached hydrogens (primary N) is 1. The molecule has 2 N–H and O–H groups in total. The first-order chi connectivity index (χ1) is 25.1. The zero-order valence-electron chi connectivity index (χ0n) is 28.5. The summed E-state index contributed by atoms with van der Waals surface area (Å²) in [5, 5.41) is 0. The summed E-state index contributed by atoms with van der Waals surface area (Å²) < 4.78 is 0. The van der Waals surface area contributed by atoms with Gasteiger partial charge in [0.2, 0.25) is 0 Å². The Kier molecular flexibility index (Phi) is 11.8. The zero-order valence-corrected chi connectivity index (χ0v) is 28.5. The zero-order chi connectivity index (χ0) is 35.1. The molecule has 0 radical (unpaired) electrons. The van der Waals surface area contributed by atoms with Gasteiger partial charge in [-0.15, -0.1) is 0 Å². The fourth-order valence-electron chi connectivity index (χ4n) is 5.55. The molecular weight excluding hydrogens is 623 g/mol. The predicted octanol–water partition coefficient (Wildman–Crippen LogP) is 10.8. The molecule has 8 rings (SSSR count). The second-order valence-corrected chi connectivity index (χ2v) is 11.9. The molecule has 248 valence electrons. The summed E-state index contributed by atoms with van der Waals surface area (Å²) in [6, 6.07) is 57.1. The second-order valence-electron chi connectivity index (χ2n) is 11.9. The fourth-order valence-corrected chi connectivity index (χ4v) is 5.55. The van der Waals surface area contributed by atoms with Gasteiger partial charge >= 0.3 is 0 Å². The highest BCUT2D eigenvalue weighted by Gasteiger charge is 2.04. The van der Waals surface area contributed by atoms with Gasteiger partial charge in [-0.25, -0.2) is 0 Å². The molecule has 0 aliphatic carbocycles. The van der Waals surface area contributed by atoms with Crippen molar-refractivity contribution in [2.24, 2.45) is 0 Å². The van der Waals surface area contributed by atoms with Crippen molar-refractivity contribution >= 4 is 5.69 Å². The van der Waals surface area contributed by atoms with Crippen LogP contribution in [-0.4, -0.2) is 19.9 Å². The van der Waals surface area contributed by atoms with E-state index in [-0.39, 0.29) is 0 Å². The van der Waals surface area contributed by atoms with Crippen molar-refractivity contribution < 1.29 is 0 Å². The van der Waals surface area contributed by atoms with Crippen LogP contribution in [0.25, 0.3) is 45.0 Å². The first kappa shape index (κ1) is 34.2. The highest BCUT2D eigenvalue weighted by atomic mass is 14.7. The topological polar surface area (TPSA) is 77.6 Å². The number of aromatic nitrogens is 4. The maximum Gasteiger partial charge on any atom is 0.0702 e. The Bertz CT molecular complexity index is 2080. The quantitative estimate of drug-likeness (QED) is 0.179. The SMILES string of the molecule is Cc1cccc(-c2ccccn2)c1.Nc1cccc(-c2ccccn2)c1.c1ccc(-c2cccc(Cc3cccc(-c4ccccn4)c3)c2)nc1. The number of rotatable bonds is 6. The molecule has 4 aromatic heterocycles. The van der Waals surface area contributed by atoms with Crippen LogP contribution in [0.5, 0.6) is 0 Å². The monoisotopic (exact) mass is 661 g/mol. The summed E-state index contributed by atoms with van der Waals surface area (Å²) in [4.78, 5) is 17.4. The van der Waals surface area contributed by atoms with E-state index < -0.39 is 0 Å². The average Bonchev–Trinajstić information content (AvgIpc) is 3.20. The van der Waals surface area contributed by atoms with Gasteiger partial charge in [-0.1, -0.05) is 96.6 Å². The van der Waals surface area contributed by atoms with Crippen LogP contribution in [-0.2, 0) is 6.42 Å². The lowest BCUT2D eigenvalue weighted by atomic mass is 9.99. The first-order valence-electron chi connectivity index (χ1n) is 16.9. The molecule has 0 aliphatic heterocycles. The smallest absolute Gasteiger partial charge is 0.0702 e. The Morgan fingerprint density at radius 3 is 1.12 bits per heavy atom. The van der Waals surface area contributed by atoms with E-state index >= 15 is 0 Å². The molecule has 5 nitrogen and oxygen atoms in total. The highest BCUT2D eigenvalue weighted by molar-refractivity contribution is 5.64. The van der Waals surface area contributed by atoms with Crippen molar-refractivity contribution in [2.45, 2.75) is 13.3 Å². The van der Waals surface area contributed by atoms with Crippen molar-refractivity contribution in [3.8, 4) is 45.0 Å². The third kappa shape index (κ3) is 10.1. The predicted molar refractivity (Wildman–Crippen MR) is 211 cm³/mol. The Morgan fingerprint density at radius 1 is 0.373 bits per heavy atom. The normalized spacial score (nSPS) is 10.2. The standard InChI is InChI=1S/C23H18N2.C12H11N.C11H10N2/c1-3-13-24-22(11-1)20-9-5-7-18(16-20)15-19-8-6-10-21(17-19)23-12-2-4-14-25-23;1-10-5-4-6-11(9-10)12-7-2-3-8-13-12;12-10-5-3-4-9(8-10)11-6-1-2-7-13-11/h1-14,16-17H,15H2;2-9H,1H3;1-8H,12H2. The van der Waals surface area contributed by atoms with E-state index in [1.807, 2.05) is 116 Å². The van der Waals surface area contributed by atoms with Gasteiger partial charge in [-0.2, -0.15) is 0 Å². The molecule has 0 fully saturated rings. The van der Waals surface area contributed by atoms with Crippen LogP contribution in [0, 0.1) is 6.92 Å². The van der Waals surface area contributed by atoms with Crippen molar-refractivity contribution in [1.29, 1.82) is 0 Å². The number of pyridine rings is 4. The largest absolute Gasteiger partial charge is 0.399 e. The first-order valence-corrected chi connectivity index (χ1v) is 16.9. The van der Waals surface area contributed by atoms with Crippen LogP contribution in [0.15, 0.2) is 195 Å². The van der Waals surface area contributed by atoms with Gasteiger partial charge in [-0.3, -0.25) is 19.9 Å². The summed E-state index contributed by atoms with van der Waals surface area (Å²) in [7, 11) is 0. The number of hydrogen-bond acceptors (Lipinski definition) is 5. The van der Waals surface area contributed by atoms with Gasteiger partial charge in [0.25, 0.3) is 0 Å². The van der Waals surface area contributed by atoms with Crippen LogP contribution in [0.2, 0.25) is 0 Å². The lowest BCUT2D eigenvalue weighted by Gasteiger charge is -2.07. The van der Waals surface area contributed by atoms with Crippen LogP contribution in [0.4, 0.5) is 5.69 Å². The molecule has 0 amide bonds. The Morgan fingerprint density at radius 2 is 0.745 bits per heavy atom. The minimum atomic E-state index is 0.767. The van der Waals surface area contributed by atoms with Crippen molar-refractivity contribution in [3.05, 3.63) is 211 Å². The Labute approximate surface area is 300 Å². The molecule has 4 aromatic carbocycles. The second kappa shape index (κ2) is 17.6. The number of hydrogen-bond donors (Lipinski definition) is 1. The molecule has 51 heavy (non-hydrogen) atoms. The molecule has 0 aliphatic rings. The molecule has 0 saturated heterocycles. The van der Waals surface area contributed by atoms with E-state index in [9.17, 15) is 0 Å². The van der Waals surface area contributed by atoms with Gasteiger partial charge < -0.3 is 5.73 Å². The molecule has 5 heteroatoms. The molecular formula is C46H39N5. The maximum atomic E-state index is 5.67. The minimum absolute atomic E-state index is 0.767. The van der Waals surface area contributed by atoms with Gasteiger partial charge in [-0.05, 0) is 103 Å². The Balaban J connectivity index is 0.000000145. The number of benzene rings is 4. The van der Waals surface area contributed by atoms with Crippen LogP contribution in [0.3, 0.4) is 0 Å². The molecule has 0 bridgehead atoms. The molecule has 4 heterocycles. The van der Waals surface area contributed by atoms with Gasteiger partial charge in [0.05, 0.1) is 22.8 Å². The van der Waals surface area contributed by atoms with Crippen molar-refractivity contribution in [3.63, 3.8) is 0 Å². The third-order valence-electron chi connectivity index (χ3n) is 8.01. The van der Waals surface area contributed by atoms with Crippen molar-refractivity contribution in [1.82, 2.24) is 19.9 Å². The van der Waals surface area contributed by atoms with Crippen molar-refractivity contribution in [2.75, 3.05) is 5.73 Å². The van der Waals surface area contributed by atoms with Gasteiger partial charge in [0.15, 0.2) is 0 Å². The van der Waals surface area contributed by atoms with E-state index in [0.29, 0.717) is 0 Å². The van der Waals surface area contributed by atoms with Gasteiger partial charge in [0, 0.05) is 52.7 Å². The summed E-state index contributed by atoms with van der Waals surface area (Å²) in [6.07, 6.45) is 8.15. The summed E-state index contributed by atoms with van der Waals surface area (Å²) >= 11 is 0.